The van der Waals surface area contributed by atoms with Crippen LogP contribution >= 0.6 is 0 Å². The summed E-state index contributed by atoms with van der Waals surface area (Å²) in [5.41, 5.74) is 22.3. The SMILES string of the molecule is c1ccc2c(c1)Oc1ccc(-c3ccc(-c4cccc5c4-c4ccccc4C54c5ccccc5-c5ccccc54)cc3)cc1C21c2ccccc2-c2ccccc21. The van der Waals surface area contributed by atoms with Crippen LogP contribution < -0.4 is 4.74 Å². The van der Waals surface area contributed by atoms with Crippen molar-refractivity contribution in [2.75, 3.05) is 0 Å². The van der Waals surface area contributed by atoms with Crippen molar-refractivity contribution in [2.45, 2.75) is 10.8 Å². The molecule has 1 heteroatoms. The molecule has 0 aromatic heterocycles. The van der Waals surface area contributed by atoms with E-state index in [0.717, 1.165) is 11.5 Å². The van der Waals surface area contributed by atoms with Crippen molar-refractivity contribution in [1.29, 1.82) is 0 Å². The van der Waals surface area contributed by atoms with Crippen LogP contribution in [0, 0.1) is 0 Å². The molecule has 0 radical (unpaired) electrons. The maximum absolute atomic E-state index is 6.72. The van der Waals surface area contributed by atoms with E-state index in [1.165, 1.54) is 100 Å². The molecule has 1 heterocycles. The Morgan fingerprint density at radius 3 is 1.21 bits per heavy atom. The van der Waals surface area contributed by atoms with E-state index in [2.05, 4.69) is 206 Å². The molecule has 0 fully saturated rings. The summed E-state index contributed by atoms with van der Waals surface area (Å²) in [6.07, 6.45) is 0. The summed E-state index contributed by atoms with van der Waals surface area (Å²) in [6.45, 7) is 0. The number of ether oxygens (including phenoxy) is 1. The van der Waals surface area contributed by atoms with Crippen LogP contribution in [0.25, 0.3) is 55.6 Å². The van der Waals surface area contributed by atoms with Gasteiger partial charge in [-0.15, -0.1) is 0 Å². The zero-order chi connectivity index (χ0) is 37.3. The quantitative estimate of drug-likeness (QED) is 0.173. The zero-order valence-corrected chi connectivity index (χ0v) is 31.0. The molecule has 0 bridgehead atoms. The van der Waals surface area contributed by atoms with Crippen molar-refractivity contribution in [3.63, 3.8) is 0 Å². The summed E-state index contributed by atoms with van der Waals surface area (Å²) in [5, 5.41) is 0. The molecule has 1 aliphatic heterocycles. The molecule has 0 amide bonds. The van der Waals surface area contributed by atoms with E-state index in [9.17, 15) is 0 Å². The monoisotopic (exact) mass is 722 g/mol. The molecule has 0 unspecified atom stereocenters. The van der Waals surface area contributed by atoms with Crippen molar-refractivity contribution in [2.24, 2.45) is 0 Å². The summed E-state index contributed by atoms with van der Waals surface area (Å²) in [5.74, 6) is 1.82. The highest BCUT2D eigenvalue weighted by molar-refractivity contribution is 6.00. The van der Waals surface area contributed by atoms with E-state index in [4.69, 9.17) is 4.74 Å². The standard InChI is InChI=1S/C56H34O/c1-6-20-44-39(14-1)40-15-2-7-21-45(40)55(44)48-24-10-5-18-43(48)54-38(19-13-26-50(54)55)36-30-28-35(29-31-36)37-32-33-53-51(34-37)56(49-25-11-12-27-52(49)57-53)46-22-8-3-16-41(46)42-17-4-9-23-47(42)56/h1-34H. The van der Waals surface area contributed by atoms with Crippen molar-refractivity contribution in [1.82, 2.24) is 0 Å². The van der Waals surface area contributed by atoms with Gasteiger partial charge in [-0.2, -0.15) is 0 Å². The summed E-state index contributed by atoms with van der Waals surface area (Å²) in [7, 11) is 0. The molecular formula is C56H34O. The molecule has 0 saturated heterocycles. The first-order valence-corrected chi connectivity index (χ1v) is 19.9. The molecule has 13 rings (SSSR count). The molecule has 1 nitrogen and oxygen atoms in total. The Hall–Kier alpha value is -7.22. The van der Waals surface area contributed by atoms with Gasteiger partial charge in [0.1, 0.15) is 11.5 Å². The van der Waals surface area contributed by atoms with Gasteiger partial charge in [0.2, 0.25) is 0 Å². The molecule has 0 N–H and O–H groups in total. The van der Waals surface area contributed by atoms with Gasteiger partial charge < -0.3 is 4.74 Å². The van der Waals surface area contributed by atoms with Gasteiger partial charge in [-0.1, -0.05) is 188 Å². The summed E-state index contributed by atoms with van der Waals surface area (Å²) < 4.78 is 6.72. The van der Waals surface area contributed by atoms with E-state index >= 15 is 0 Å². The lowest BCUT2D eigenvalue weighted by Gasteiger charge is -2.39. The van der Waals surface area contributed by atoms with Gasteiger partial charge >= 0.3 is 0 Å². The molecule has 3 aliphatic carbocycles. The molecule has 57 heavy (non-hydrogen) atoms. The van der Waals surface area contributed by atoms with Crippen LogP contribution in [0.15, 0.2) is 206 Å². The minimum absolute atomic E-state index is 0.355. The molecule has 2 spiro atoms. The van der Waals surface area contributed by atoms with Crippen molar-refractivity contribution in [3.8, 4) is 67.1 Å². The van der Waals surface area contributed by atoms with Gasteiger partial charge in [-0.3, -0.25) is 0 Å². The van der Waals surface area contributed by atoms with E-state index in [0.29, 0.717) is 0 Å². The molecule has 9 aromatic rings. The Morgan fingerprint density at radius 1 is 0.246 bits per heavy atom. The molecular weight excluding hydrogens is 689 g/mol. The van der Waals surface area contributed by atoms with Gasteiger partial charge in [0.05, 0.1) is 10.8 Å². The minimum atomic E-state index is -0.487. The number of hydrogen-bond acceptors (Lipinski definition) is 1. The maximum atomic E-state index is 6.72. The maximum Gasteiger partial charge on any atom is 0.132 e. The van der Waals surface area contributed by atoms with Crippen LogP contribution in [0.4, 0.5) is 0 Å². The van der Waals surface area contributed by atoms with Crippen molar-refractivity contribution >= 4 is 0 Å². The highest BCUT2D eigenvalue weighted by Gasteiger charge is 2.53. The van der Waals surface area contributed by atoms with Gasteiger partial charge in [0.25, 0.3) is 0 Å². The molecule has 0 atom stereocenters. The fourth-order valence-corrected chi connectivity index (χ4v) is 11.3. The van der Waals surface area contributed by atoms with Gasteiger partial charge in [-0.25, -0.2) is 0 Å². The van der Waals surface area contributed by atoms with Crippen LogP contribution in [0.2, 0.25) is 0 Å². The van der Waals surface area contributed by atoms with Crippen LogP contribution in [-0.2, 0) is 10.8 Å². The predicted molar refractivity (Wildman–Crippen MR) is 231 cm³/mol. The third kappa shape index (κ3) is 3.79. The third-order valence-electron chi connectivity index (χ3n) is 13.4. The lowest BCUT2D eigenvalue weighted by molar-refractivity contribution is 0.436. The fraction of sp³-hybridized carbons (Fsp3) is 0.0357. The normalized spacial score (nSPS) is 14.7. The Labute approximate surface area is 332 Å². The van der Waals surface area contributed by atoms with Crippen LogP contribution in [0.5, 0.6) is 11.5 Å². The Balaban J connectivity index is 0.973. The fourth-order valence-electron chi connectivity index (χ4n) is 11.3. The van der Waals surface area contributed by atoms with Crippen LogP contribution in [0.3, 0.4) is 0 Å². The number of hydrogen-bond donors (Lipinski definition) is 0. The van der Waals surface area contributed by atoms with Crippen LogP contribution in [0.1, 0.15) is 44.5 Å². The highest BCUT2D eigenvalue weighted by Crippen LogP contribution is 2.65. The average molecular weight is 723 g/mol. The summed E-state index contributed by atoms with van der Waals surface area (Å²) in [6, 6.07) is 76.5. The molecule has 9 aromatic carbocycles. The Morgan fingerprint density at radius 2 is 0.632 bits per heavy atom. The number of rotatable bonds is 2. The smallest absolute Gasteiger partial charge is 0.132 e. The molecule has 264 valence electrons. The number of fused-ring (bicyclic) bond motifs is 19. The number of benzene rings is 9. The van der Waals surface area contributed by atoms with E-state index < -0.39 is 5.41 Å². The van der Waals surface area contributed by atoms with Gasteiger partial charge in [0.15, 0.2) is 0 Å². The minimum Gasteiger partial charge on any atom is -0.457 e. The lowest BCUT2D eigenvalue weighted by Crippen LogP contribution is -2.32. The highest BCUT2D eigenvalue weighted by atomic mass is 16.5. The zero-order valence-electron chi connectivity index (χ0n) is 31.0. The van der Waals surface area contributed by atoms with Crippen molar-refractivity contribution < 1.29 is 4.74 Å². The van der Waals surface area contributed by atoms with E-state index in [-0.39, 0.29) is 5.41 Å². The predicted octanol–water partition coefficient (Wildman–Crippen LogP) is 13.8. The topological polar surface area (TPSA) is 9.23 Å². The second kappa shape index (κ2) is 11.2. The molecule has 0 saturated carbocycles. The average Bonchev–Trinajstić information content (AvgIpc) is 3.87. The number of para-hydroxylation sites is 1. The lowest BCUT2D eigenvalue weighted by atomic mass is 9.66. The largest absolute Gasteiger partial charge is 0.457 e. The first-order chi connectivity index (χ1) is 28.3. The van der Waals surface area contributed by atoms with Crippen LogP contribution in [-0.4, -0.2) is 0 Å². The second-order valence-corrected chi connectivity index (χ2v) is 15.8. The van der Waals surface area contributed by atoms with E-state index in [1.807, 2.05) is 0 Å². The first kappa shape index (κ1) is 31.0. The van der Waals surface area contributed by atoms with Crippen molar-refractivity contribution in [3.05, 3.63) is 251 Å². The summed E-state index contributed by atoms with van der Waals surface area (Å²) >= 11 is 0. The van der Waals surface area contributed by atoms with Gasteiger partial charge in [-0.05, 0) is 107 Å². The summed E-state index contributed by atoms with van der Waals surface area (Å²) in [4.78, 5) is 0. The van der Waals surface area contributed by atoms with Gasteiger partial charge in [0, 0.05) is 11.1 Å². The first-order valence-electron chi connectivity index (χ1n) is 19.9. The third-order valence-corrected chi connectivity index (χ3v) is 13.4. The van der Waals surface area contributed by atoms with E-state index in [1.54, 1.807) is 0 Å². The second-order valence-electron chi connectivity index (χ2n) is 15.8. The molecule has 4 aliphatic rings. The Kier molecular flexibility index (Phi) is 6.09. The Bertz CT molecular complexity index is 3070.